The Morgan fingerprint density at radius 2 is 2.11 bits per heavy atom. The summed E-state index contributed by atoms with van der Waals surface area (Å²) in [5.74, 6) is -1.32. The Morgan fingerprint density at radius 3 is 2.72 bits per heavy atom. The van der Waals surface area contributed by atoms with Crippen LogP contribution in [0.15, 0.2) is 36.4 Å². The lowest BCUT2D eigenvalue weighted by molar-refractivity contribution is 0.0696. The number of ether oxygens (including phenoxy) is 1. The average molecular weight is 247 g/mol. The van der Waals surface area contributed by atoms with E-state index in [0.717, 1.165) is 0 Å². The van der Waals surface area contributed by atoms with Gasteiger partial charge in [-0.15, -0.1) is 0 Å². The van der Waals surface area contributed by atoms with Crippen molar-refractivity contribution in [3.05, 3.63) is 47.8 Å². The van der Waals surface area contributed by atoms with Crippen molar-refractivity contribution in [3.63, 3.8) is 0 Å². The maximum atomic E-state index is 13.1. The number of carbonyl (C=O) groups is 1. The van der Waals surface area contributed by atoms with E-state index in [2.05, 4.69) is 4.98 Å². The number of hydrogen-bond donors (Lipinski definition) is 1. The minimum absolute atomic E-state index is 0.0427. The van der Waals surface area contributed by atoms with Crippen molar-refractivity contribution >= 4 is 5.97 Å². The molecule has 0 aliphatic heterocycles. The lowest BCUT2D eigenvalue weighted by atomic mass is 10.1. The molecule has 0 amide bonds. The molecule has 0 atom stereocenters. The third-order valence-corrected chi connectivity index (χ3v) is 2.38. The molecule has 0 saturated heterocycles. The van der Waals surface area contributed by atoms with Crippen molar-refractivity contribution in [2.75, 3.05) is 7.11 Å². The van der Waals surface area contributed by atoms with Gasteiger partial charge in [-0.3, -0.25) is 0 Å². The SMILES string of the molecule is COc1cc(C(=O)O)cc(-c2cccc(F)c2)n1. The van der Waals surface area contributed by atoms with Gasteiger partial charge in [0.15, 0.2) is 0 Å². The van der Waals surface area contributed by atoms with Gasteiger partial charge in [-0.25, -0.2) is 14.2 Å². The molecule has 18 heavy (non-hydrogen) atoms. The molecule has 5 heteroatoms. The number of hydrogen-bond acceptors (Lipinski definition) is 3. The van der Waals surface area contributed by atoms with Gasteiger partial charge < -0.3 is 9.84 Å². The summed E-state index contributed by atoms with van der Waals surface area (Å²) >= 11 is 0. The van der Waals surface area contributed by atoms with Crippen molar-refractivity contribution in [1.29, 1.82) is 0 Å². The van der Waals surface area contributed by atoms with E-state index in [4.69, 9.17) is 9.84 Å². The van der Waals surface area contributed by atoms with Crippen LogP contribution in [0.25, 0.3) is 11.3 Å². The van der Waals surface area contributed by atoms with Gasteiger partial charge in [0.2, 0.25) is 5.88 Å². The van der Waals surface area contributed by atoms with E-state index < -0.39 is 11.8 Å². The van der Waals surface area contributed by atoms with E-state index >= 15 is 0 Å². The van der Waals surface area contributed by atoms with Gasteiger partial charge in [-0.05, 0) is 18.2 Å². The van der Waals surface area contributed by atoms with E-state index in [9.17, 15) is 9.18 Å². The Labute approximate surface area is 103 Å². The zero-order valence-corrected chi connectivity index (χ0v) is 9.55. The topological polar surface area (TPSA) is 59.4 Å². The number of rotatable bonds is 3. The van der Waals surface area contributed by atoms with Crippen LogP contribution in [0.4, 0.5) is 4.39 Å². The van der Waals surface area contributed by atoms with Gasteiger partial charge in [0.25, 0.3) is 0 Å². The van der Waals surface area contributed by atoms with Crippen molar-refractivity contribution in [1.82, 2.24) is 4.98 Å². The molecule has 0 aliphatic carbocycles. The number of aromatic nitrogens is 1. The second-order valence-corrected chi connectivity index (χ2v) is 3.60. The number of aromatic carboxylic acids is 1. The second-order valence-electron chi connectivity index (χ2n) is 3.60. The lowest BCUT2D eigenvalue weighted by Gasteiger charge is -2.06. The van der Waals surface area contributed by atoms with E-state index in [1.807, 2.05) is 0 Å². The molecule has 0 unspecified atom stereocenters. The van der Waals surface area contributed by atoms with E-state index in [-0.39, 0.29) is 11.4 Å². The Balaban J connectivity index is 2.56. The van der Waals surface area contributed by atoms with Crippen LogP contribution in [-0.2, 0) is 0 Å². The molecule has 4 nitrogen and oxygen atoms in total. The Kier molecular flexibility index (Phi) is 3.23. The highest BCUT2D eigenvalue weighted by atomic mass is 19.1. The first-order chi connectivity index (χ1) is 8.60. The van der Waals surface area contributed by atoms with Crippen LogP contribution in [0.2, 0.25) is 0 Å². The fourth-order valence-corrected chi connectivity index (χ4v) is 1.53. The first-order valence-corrected chi connectivity index (χ1v) is 5.15. The summed E-state index contributed by atoms with van der Waals surface area (Å²) in [6.07, 6.45) is 0. The fraction of sp³-hybridized carbons (Fsp3) is 0.0769. The molecule has 1 aromatic heterocycles. The Bertz CT molecular complexity index is 599. The molecular formula is C13H10FNO3. The molecule has 92 valence electrons. The number of pyridine rings is 1. The van der Waals surface area contributed by atoms with Crippen LogP contribution in [0.1, 0.15) is 10.4 Å². The summed E-state index contributed by atoms with van der Waals surface area (Å²) in [6.45, 7) is 0. The quantitative estimate of drug-likeness (QED) is 0.905. The molecule has 0 radical (unpaired) electrons. The Morgan fingerprint density at radius 1 is 1.33 bits per heavy atom. The van der Waals surface area contributed by atoms with Crippen molar-refractivity contribution in [2.24, 2.45) is 0 Å². The normalized spacial score (nSPS) is 10.1. The minimum atomic E-state index is -1.09. The highest BCUT2D eigenvalue weighted by Gasteiger charge is 2.10. The number of nitrogens with zero attached hydrogens (tertiary/aromatic N) is 1. The van der Waals surface area contributed by atoms with Crippen LogP contribution < -0.4 is 4.74 Å². The van der Waals surface area contributed by atoms with Crippen LogP contribution in [0, 0.1) is 5.82 Å². The predicted octanol–water partition coefficient (Wildman–Crippen LogP) is 2.59. The Hall–Kier alpha value is -2.43. The smallest absolute Gasteiger partial charge is 0.335 e. The molecule has 2 rings (SSSR count). The molecule has 0 saturated carbocycles. The third kappa shape index (κ3) is 2.45. The molecule has 0 spiro atoms. The monoisotopic (exact) mass is 247 g/mol. The summed E-state index contributed by atoms with van der Waals surface area (Å²) in [5, 5.41) is 8.97. The van der Waals surface area contributed by atoms with Gasteiger partial charge in [-0.1, -0.05) is 12.1 Å². The molecule has 1 N–H and O–H groups in total. The average Bonchev–Trinajstić information content (AvgIpc) is 2.38. The van der Waals surface area contributed by atoms with Gasteiger partial charge in [0.05, 0.1) is 18.4 Å². The highest BCUT2D eigenvalue weighted by molar-refractivity contribution is 5.89. The number of carboxylic acids is 1. The summed E-state index contributed by atoms with van der Waals surface area (Å²) in [5.41, 5.74) is 0.892. The molecular weight excluding hydrogens is 237 g/mol. The first-order valence-electron chi connectivity index (χ1n) is 5.15. The van der Waals surface area contributed by atoms with E-state index in [1.54, 1.807) is 6.07 Å². The number of carboxylic acid groups (broad SMARTS) is 1. The number of benzene rings is 1. The third-order valence-electron chi connectivity index (χ3n) is 2.38. The molecule has 1 heterocycles. The fourth-order valence-electron chi connectivity index (χ4n) is 1.53. The van der Waals surface area contributed by atoms with E-state index in [1.165, 1.54) is 37.4 Å². The van der Waals surface area contributed by atoms with Gasteiger partial charge in [0.1, 0.15) is 5.82 Å². The second kappa shape index (κ2) is 4.83. The zero-order chi connectivity index (χ0) is 13.1. The molecule has 0 fully saturated rings. The largest absolute Gasteiger partial charge is 0.481 e. The van der Waals surface area contributed by atoms with Crippen LogP contribution in [0.5, 0.6) is 5.88 Å². The van der Waals surface area contributed by atoms with Gasteiger partial charge >= 0.3 is 5.97 Å². The maximum Gasteiger partial charge on any atom is 0.335 e. The van der Waals surface area contributed by atoms with Gasteiger partial charge in [-0.2, -0.15) is 0 Å². The van der Waals surface area contributed by atoms with E-state index in [0.29, 0.717) is 11.3 Å². The van der Waals surface area contributed by atoms with Crippen LogP contribution in [0.3, 0.4) is 0 Å². The summed E-state index contributed by atoms with van der Waals surface area (Å²) < 4.78 is 18.0. The van der Waals surface area contributed by atoms with Gasteiger partial charge in [0, 0.05) is 11.6 Å². The van der Waals surface area contributed by atoms with Crippen LogP contribution >= 0.6 is 0 Å². The zero-order valence-electron chi connectivity index (χ0n) is 9.55. The summed E-state index contributed by atoms with van der Waals surface area (Å²) in [7, 11) is 1.39. The van der Waals surface area contributed by atoms with Crippen molar-refractivity contribution < 1.29 is 19.0 Å². The minimum Gasteiger partial charge on any atom is -0.481 e. The standard InChI is InChI=1S/C13H10FNO3/c1-18-12-7-9(13(16)17)6-11(15-12)8-3-2-4-10(14)5-8/h2-7H,1H3,(H,16,17). The lowest BCUT2D eigenvalue weighted by Crippen LogP contribution is -2.00. The number of methoxy groups -OCH3 is 1. The molecule has 1 aromatic carbocycles. The predicted molar refractivity (Wildman–Crippen MR) is 63.1 cm³/mol. The maximum absolute atomic E-state index is 13.1. The summed E-state index contributed by atoms with van der Waals surface area (Å²) in [6, 6.07) is 8.46. The molecule has 2 aromatic rings. The molecule has 0 aliphatic rings. The first kappa shape index (κ1) is 12.0. The summed E-state index contributed by atoms with van der Waals surface area (Å²) in [4.78, 5) is 15.1. The van der Waals surface area contributed by atoms with Crippen molar-refractivity contribution in [2.45, 2.75) is 0 Å². The highest BCUT2D eigenvalue weighted by Crippen LogP contribution is 2.22. The van der Waals surface area contributed by atoms with Crippen molar-refractivity contribution in [3.8, 4) is 17.1 Å². The molecule has 0 bridgehead atoms. The number of halogens is 1. The van der Waals surface area contributed by atoms with Crippen LogP contribution in [-0.4, -0.2) is 23.2 Å².